The summed E-state index contributed by atoms with van der Waals surface area (Å²) in [6.07, 6.45) is 2.96. The van der Waals surface area contributed by atoms with E-state index in [1.54, 1.807) is 0 Å². The van der Waals surface area contributed by atoms with Crippen molar-refractivity contribution in [1.82, 2.24) is 0 Å². The molecule has 0 heterocycles. The summed E-state index contributed by atoms with van der Waals surface area (Å²) in [5.41, 5.74) is 0. The first-order valence-corrected chi connectivity index (χ1v) is 4.79. The maximum absolute atomic E-state index is 11.6. The summed E-state index contributed by atoms with van der Waals surface area (Å²) < 4.78 is 4.54. The van der Waals surface area contributed by atoms with Gasteiger partial charge < -0.3 is 4.74 Å². The number of carbonyl (C=O) groups excluding carboxylic acids is 2. The number of ether oxygens (including phenoxy) is 1. The van der Waals surface area contributed by atoms with Gasteiger partial charge in [0, 0.05) is 11.8 Å². The van der Waals surface area contributed by atoms with Crippen LogP contribution in [-0.2, 0) is 14.3 Å². The lowest BCUT2D eigenvalue weighted by molar-refractivity contribution is -0.143. The first kappa shape index (κ1) is 10.2. The molecule has 0 aromatic rings. The van der Waals surface area contributed by atoms with E-state index in [0.717, 1.165) is 19.3 Å². The molecule has 0 radical (unpaired) electrons. The van der Waals surface area contributed by atoms with Crippen molar-refractivity contribution in [3.05, 3.63) is 0 Å². The van der Waals surface area contributed by atoms with E-state index in [0.29, 0.717) is 0 Å². The number of hydrogen-bond donors (Lipinski definition) is 0. The van der Waals surface area contributed by atoms with Crippen LogP contribution in [-0.4, -0.2) is 18.9 Å². The molecule has 0 amide bonds. The summed E-state index contributed by atoms with van der Waals surface area (Å²) in [7, 11) is 1.36. The lowest BCUT2D eigenvalue weighted by Crippen LogP contribution is -2.17. The Bertz CT molecular complexity index is 210. The third-order valence-electron chi connectivity index (χ3n) is 2.80. The van der Waals surface area contributed by atoms with Crippen molar-refractivity contribution in [2.45, 2.75) is 32.6 Å². The van der Waals surface area contributed by atoms with Crippen molar-refractivity contribution >= 4 is 11.8 Å². The molecule has 0 bridgehead atoms. The lowest BCUT2D eigenvalue weighted by Gasteiger charge is -2.07. The standard InChI is InChI=1S/C10H16O3/c1-3-7-4-5-8(10(7)12)6-9(11)13-2/h7-8H,3-6H2,1-2H3/t7-,8+/m1/s1. The van der Waals surface area contributed by atoms with E-state index in [-0.39, 0.29) is 30.0 Å². The maximum Gasteiger partial charge on any atom is 0.306 e. The van der Waals surface area contributed by atoms with Crippen LogP contribution in [0.1, 0.15) is 32.6 Å². The van der Waals surface area contributed by atoms with Gasteiger partial charge in [-0.3, -0.25) is 9.59 Å². The average Bonchev–Trinajstić information content (AvgIpc) is 2.48. The molecule has 0 aromatic carbocycles. The van der Waals surface area contributed by atoms with Gasteiger partial charge >= 0.3 is 5.97 Å². The number of rotatable bonds is 3. The fraction of sp³-hybridized carbons (Fsp3) is 0.800. The van der Waals surface area contributed by atoms with Gasteiger partial charge in [-0.1, -0.05) is 6.92 Å². The molecule has 1 rings (SSSR count). The molecule has 2 atom stereocenters. The Hall–Kier alpha value is -0.860. The SMILES string of the molecule is CC[C@@H]1CC[C@@H](CC(=O)OC)C1=O. The van der Waals surface area contributed by atoms with E-state index >= 15 is 0 Å². The molecule has 0 unspecified atom stereocenters. The minimum absolute atomic E-state index is 0.0719. The zero-order chi connectivity index (χ0) is 9.84. The molecule has 3 nitrogen and oxygen atoms in total. The first-order valence-electron chi connectivity index (χ1n) is 4.79. The predicted molar refractivity (Wildman–Crippen MR) is 48.1 cm³/mol. The molecule has 1 aliphatic rings. The fourth-order valence-electron chi connectivity index (χ4n) is 1.91. The topological polar surface area (TPSA) is 43.4 Å². The number of methoxy groups -OCH3 is 1. The first-order chi connectivity index (χ1) is 6.19. The van der Waals surface area contributed by atoms with E-state index in [1.165, 1.54) is 7.11 Å². The van der Waals surface area contributed by atoms with Gasteiger partial charge in [-0.15, -0.1) is 0 Å². The quantitative estimate of drug-likeness (QED) is 0.625. The summed E-state index contributed by atoms with van der Waals surface area (Å²) in [4.78, 5) is 22.5. The Morgan fingerprint density at radius 2 is 2.08 bits per heavy atom. The molecule has 3 heteroatoms. The minimum atomic E-state index is -0.268. The van der Waals surface area contributed by atoms with Crippen LogP contribution < -0.4 is 0 Å². The molecule has 1 fully saturated rings. The van der Waals surface area contributed by atoms with Crippen LogP contribution in [0.4, 0.5) is 0 Å². The van der Waals surface area contributed by atoms with E-state index in [2.05, 4.69) is 4.74 Å². The summed E-state index contributed by atoms with van der Waals surface area (Å²) in [5, 5.41) is 0. The summed E-state index contributed by atoms with van der Waals surface area (Å²) >= 11 is 0. The molecular formula is C10H16O3. The van der Waals surface area contributed by atoms with E-state index in [9.17, 15) is 9.59 Å². The van der Waals surface area contributed by atoms with Crippen molar-refractivity contribution in [3.63, 3.8) is 0 Å². The van der Waals surface area contributed by atoms with Crippen LogP contribution in [0.3, 0.4) is 0 Å². The molecular weight excluding hydrogens is 168 g/mol. The number of Topliss-reactive ketones (excluding diaryl/α,β-unsaturated/α-hetero) is 1. The molecule has 0 aromatic heterocycles. The third-order valence-corrected chi connectivity index (χ3v) is 2.80. The highest BCUT2D eigenvalue weighted by Gasteiger charge is 2.34. The Morgan fingerprint density at radius 1 is 1.46 bits per heavy atom. The smallest absolute Gasteiger partial charge is 0.306 e. The van der Waals surface area contributed by atoms with Gasteiger partial charge in [-0.2, -0.15) is 0 Å². The van der Waals surface area contributed by atoms with Crippen molar-refractivity contribution < 1.29 is 14.3 Å². The zero-order valence-electron chi connectivity index (χ0n) is 8.21. The zero-order valence-corrected chi connectivity index (χ0v) is 8.21. The Morgan fingerprint density at radius 3 is 2.54 bits per heavy atom. The van der Waals surface area contributed by atoms with Gasteiger partial charge in [-0.05, 0) is 19.3 Å². The molecule has 1 aliphatic carbocycles. The maximum atomic E-state index is 11.6. The highest BCUT2D eigenvalue weighted by molar-refractivity contribution is 5.88. The second-order valence-electron chi connectivity index (χ2n) is 3.56. The van der Waals surface area contributed by atoms with Crippen molar-refractivity contribution in [2.24, 2.45) is 11.8 Å². The van der Waals surface area contributed by atoms with Gasteiger partial charge in [0.05, 0.1) is 13.5 Å². The molecule has 0 saturated heterocycles. The normalized spacial score (nSPS) is 27.7. The van der Waals surface area contributed by atoms with E-state index in [1.807, 2.05) is 6.92 Å². The van der Waals surface area contributed by atoms with Crippen LogP contribution >= 0.6 is 0 Å². The van der Waals surface area contributed by atoms with Crippen LogP contribution in [0.25, 0.3) is 0 Å². The van der Waals surface area contributed by atoms with Crippen LogP contribution in [0, 0.1) is 11.8 Å². The van der Waals surface area contributed by atoms with E-state index in [4.69, 9.17) is 0 Å². The molecule has 1 saturated carbocycles. The summed E-state index contributed by atoms with van der Waals surface area (Å²) in [6.45, 7) is 2.02. The molecule has 0 N–H and O–H groups in total. The summed E-state index contributed by atoms with van der Waals surface area (Å²) in [6, 6.07) is 0. The monoisotopic (exact) mass is 184 g/mol. The second kappa shape index (κ2) is 4.40. The van der Waals surface area contributed by atoms with Gasteiger partial charge in [0.1, 0.15) is 5.78 Å². The minimum Gasteiger partial charge on any atom is -0.469 e. The highest BCUT2D eigenvalue weighted by Crippen LogP contribution is 2.31. The van der Waals surface area contributed by atoms with E-state index < -0.39 is 0 Å². The van der Waals surface area contributed by atoms with Gasteiger partial charge in [0.15, 0.2) is 0 Å². The molecule has 74 valence electrons. The van der Waals surface area contributed by atoms with Crippen LogP contribution in [0.2, 0.25) is 0 Å². The van der Waals surface area contributed by atoms with Crippen LogP contribution in [0.5, 0.6) is 0 Å². The second-order valence-corrected chi connectivity index (χ2v) is 3.56. The predicted octanol–water partition coefficient (Wildman–Crippen LogP) is 1.55. The Balaban J connectivity index is 2.45. The largest absolute Gasteiger partial charge is 0.469 e. The van der Waals surface area contributed by atoms with Crippen LogP contribution in [0.15, 0.2) is 0 Å². The highest BCUT2D eigenvalue weighted by atomic mass is 16.5. The van der Waals surface area contributed by atoms with Gasteiger partial charge in [-0.25, -0.2) is 0 Å². The van der Waals surface area contributed by atoms with Gasteiger partial charge in [0.2, 0.25) is 0 Å². The number of carbonyl (C=O) groups is 2. The van der Waals surface area contributed by atoms with Crippen molar-refractivity contribution in [3.8, 4) is 0 Å². The third kappa shape index (κ3) is 2.29. The number of ketones is 1. The number of hydrogen-bond acceptors (Lipinski definition) is 3. The molecule has 0 spiro atoms. The number of esters is 1. The Kier molecular flexibility index (Phi) is 3.46. The average molecular weight is 184 g/mol. The molecule has 0 aliphatic heterocycles. The Labute approximate surface area is 78.5 Å². The van der Waals surface area contributed by atoms with Crippen molar-refractivity contribution in [2.75, 3.05) is 7.11 Å². The fourth-order valence-corrected chi connectivity index (χ4v) is 1.91. The lowest BCUT2D eigenvalue weighted by atomic mass is 9.98. The van der Waals surface area contributed by atoms with Crippen molar-refractivity contribution in [1.29, 1.82) is 0 Å². The summed E-state index contributed by atoms with van der Waals surface area (Å²) in [5.74, 6) is 0.107. The molecule has 13 heavy (non-hydrogen) atoms. The van der Waals surface area contributed by atoms with Gasteiger partial charge in [0.25, 0.3) is 0 Å².